The molecule has 6 nitrogen and oxygen atoms in total. The minimum Gasteiger partial charge on any atom is -0.336 e. The van der Waals surface area contributed by atoms with Gasteiger partial charge in [-0.3, -0.25) is 19.5 Å². The van der Waals surface area contributed by atoms with E-state index in [-0.39, 0.29) is 11.8 Å². The Hall–Kier alpha value is -2.73. The summed E-state index contributed by atoms with van der Waals surface area (Å²) in [5.74, 6) is -0.0211. The summed E-state index contributed by atoms with van der Waals surface area (Å²) in [4.78, 5) is 32.7. The van der Waals surface area contributed by atoms with Crippen LogP contribution < -0.4 is 5.32 Å². The molecule has 26 heavy (non-hydrogen) atoms. The Morgan fingerprint density at radius 3 is 2.35 bits per heavy atom. The fourth-order valence-corrected chi connectivity index (χ4v) is 3.17. The molecule has 2 aromatic rings. The van der Waals surface area contributed by atoms with Crippen molar-refractivity contribution in [2.75, 3.05) is 38.0 Å². The van der Waals surface area contributed by atoms with E-state index < -0.39 is 0 Å². The van der Waals surface area contributed by atoms with Crippen molar-refractivity contribution in [2.45, 2.75) is 13.8 Å². The molecule has 1 N–H and O–H groups in total. The second kappa shape index (κ2) is 8.10. The van der Waals surface area contributed by atoms with Gasteiger partial charge in [-0.25, -0.2) is 0 Å². The lowest BCUT2D eigenvalue weighted by molar-refractivity contribution is -0.117. The molecule has 0 atom stereocenters. The fraction of sp³-hybridized carbons (Fsp3) is 0.350. The molecule has 2 heterocycles. The van der Waals surface area contributed by atoms with Crippen LogP contribution in [0.4, 0.5) is 5.69 Å². The van der Waals surface area contributed by atoms with Crippen LogP contribution in [-0.4, -0.2) is 59.3 Å². The monoisotopic (exact) mass is 352 g/mol. The normalized spacial score (nSPS) is 14.9. The van der Waals surface area contributed by atoms with Crippen molar-refractivity contribution < 1.29 is 9.59 Å². The molecule has 2 amide bonds. The molecule has 0 bridgehead atoms. The summed E-state index contributed by atoms with van der Waals surface area (Å²) in [5, 5.41) is 3.02. The number of anilines is 1. The van der Waals surface area contributed by atoms with E-state index in [0.717, 1.165) is 16.8 Å². The van der Waals surface area contributed by atoms with Gasteiger partial charge < -0.3 is 10.2 Å². The van der Waals surface area contributed by atoms with Crippen LogP contribution in [0.25, 0.3) is 0 Å². The van der Waals surface area contributed by atoms with Gasteiger partial charge in [-0.05, 0) is 37.1 Å². The molecule has 6 heteroatoms. The summed E-state index contributed by atoms with van der Waals surface area (Å²) in [6.07, 6.45) is 3.25. The number of nitrogens with zero attached hydrogens (tertiary/aromatic N) is 3. The number of nitrogens with one attached hydrogen (secondary N) is 1. The number of piperazine rings is 1. The lowest BCUT2D eigenvalue weighted by Gasteiger charge is -2.34. The van der Waals surface area contributed by atoms with E-state index in [9.17, 15) is 9.59 Å². The summed E-state index contributed by atoms with van der Waals surface area (Å²) in [7, 11) is 0. The summed E-state index contributed by atoms with van der Waals surface area (Å²) in [6, 6.07) is 9.51. The van der Waals surface area contributed by atoms with Gasteiger partial charge in [0.25, 0.3) is 5.91 Å². The summed E-state index contributed by atoms with van der Waals surface area (Å²) in [6.45, 7) is 6.92. The number of amides is 2. The number of para-hydroxylation sites is 1. The number of carbonyl (C=O) groups excluding carboxylic acids is 2. The molecular formula is C20H24N4O2. The molecule has 3 rings (SSSR count). The summed E-state index contributed by atoms with van der Waals surface area (Å²) < 4.78 is 0. The molecular weight excluding hydrogens is 328 g/mol. The second-order valence-electron chi connectivity index (χ2n) is 6.63. The Kier molecular flexibility index (Phi) is 5.63. The van der Waals surface area contributed by atoms with E-state index in [1.54, 1.807) is 24.5 Å². The lowest BCUT2D eigenvalue weighted by Crippen LogP contribution is -2.50. The Labute approximate surface area is 153 Å². The number of pyridine rings is 1. The summed E-state index contributed by atoms with van der Waals surface area (Å²) >= 11 is 0. The topological polar surface area (TPSA) is 65.5 Å². The Morgan fingerprint density at radius 2 is 1.73 bits per heavy atom. The zero-order valence-electron chi connectivity index (χ0n) is 15.2. The zero-order valence-corrected chi connectivity index (χ0v) is 15.2. The highest BCUT2D eigenvalue weighted by Crippen LogP contribution is 2.19. The van der Waals surface area contributed by atoms with Crippen LogP contribution in [0.3, 0.4) is 0 Å². The smallest absolute Gasteiger partial charge is 0.255 e. The van der Waals surface area contributed by atoms with Crippen molar-refractivity contribution in [3.8, 4) is 0 Å². The SMILES string of the molecule is Cc1cccc(C)c1NC(=O)CN1CCN(C(=O)c2cccnc2)CC1. The largest absolute Gasteiger partial charge is 0.336 e. The van der Waals surface area contributed by atoms with E-state index in [1.807, 2.05) is 36.9 Å². The molecule has 1 aliphatic heterocycles. The minimum atomic E-state index is -0.0190. The Balaban J connectivity index is 1.51. The van der Waals surface area contributed by atoms with E-state index in [2.05, 4.69) is 15.2 Å². The molecule has 0 unspecified atom stereocenters. The third kappa shape index (κ3) is 4.26. The Morgan fingerprint density at radius 1 is 1.04 bits per heavy atom. The molecule has 1 aromatic heterocycles. The van der Waals surface area contributed by atoms with Crippen molar-refractivity contribution in [1.82, 2.24) is 14.8 Å². The third-order valence-electron chi connectivity index (χ3n) is 4.68. The van der Waals surface area contributed by atoms with Gasteiger partial charge in [0.15, 0.2) is 0 Å². The third-order valence-corrected chi connectivity index (χ3v) is 4.68. The maximum atomic E-state index is 12.4. The average molecular weight is 352 g/mol. The van der Waals surface area contributed by atoms with Gasteiger partial charge in [0.2, 0.25) is 5.91 Å². The van der Waals surface area contributed by atoms with Crippen molar-refractivity contribution >= 4 is 17.5 Å². The van der Waals surface area contributed by atoms with E-state index in [1.165, 1.54) is 0 Å². The zero-order chi connectivity index (χ0) is 18.5. The molecule has 0 spiro atoms. The molecule has 0 saturated carbocycles. The molecule has 1 fully saturated rings. The van der Waals surface area contributed by atoms with E-state index >= 15 is 0 Å². The number of aromatic nitrogens is 1. The first kappa shape index (κ1) is 18.1. The van der Waals surface area contributed by atoms with E-state index in [0.29, 0.717) is 38.3 Å². The molecule has 136 valence electrons. The standard InChI is InChI=1S/C20H24N4O2/c1-15-5-3-6-16(2)19(15)22-18(25)14-23-9-11-24(12-10-23)20(26)17-7-4-8-21-13-17/h3-8,13H,9-12,14H2,1-2H3,(H,22,25). The highest BCUT2D eigenvalue weighted by atomic mass is 16.2. The van der Waals surface area contributed by atoms with Crippen LogP contribution >= 0.6 is 0 Å². The lowest BCUT2D eigenvalue weighted by atomic mass is 10.1. The number of hydrogen-bond acceptors (Lipinski definition) is 4. The maximum absolute atomic E-state index is 12.4. The molecule has 1 aliphatic rings. The van der Waals surface area contributed by atoms with Gasteiger partial charge in [-0.15, -0.1) is 0 Å². The molecule has 0 aliphatic carbocycles. The van der Waals surface area contributed by atoms with Gasteiger partial charge in [0.1, 0.15) is 0 Å². The first-order valence-corrected chi connectivity index (χ1v) is 8.82. The molecule has 0 radical (unpaired) electrons. The van der Waals surface area contributed by atoms with Crippen LogP contribution in [0.2, 0.25) is 0 Å². The number of rotatable bonds is 4. The number of hydrogen-bond donors (Lipinski definition) is 1. The van der Waals surface area contributed by atoms with Crippen LogP contribution in [0, 0.1) is 13.8 Å². The highest BCUT2D eigenvalue weighted by Gasteiger charge is 2.23. The van der Waals surface area contributed by atoms with Crippen molar-refractivity contribution in [3.05, 3.63) is 59.4 Å². The quantitative estimate of drug-likeness (QED) is 0.915. The first-order chi connectivity index (χ1) is 12.5. The van der Waals surface area contributed by atoms with Gasteiger partial charge in [0.05, 0.1) is 12.1 Å². The fourth-order valence-electron chi connectivity index (χ4n) is 3.17. The molecule has 1 saturated heterocycles. The summed E-state index contributed by atoms with van der Waals surface area (Å²) in [5.41, 5.74) is 3.62. The van der Waals surface area contributed by atoms with Gasteiger partial charge >= 0.3 is 0 Å². The van der Waals surface area contributed by atoms with Gasteiger partial charge in [-0.2, -0.15) is 0 Å². The maximum Gasteiger partial charge on any atom is 0.255 e. The van der Waals surface area contributed by atoms with Crippen molar-refractivity contribution in [1.29, 1.82) is 0 Å². The predicted octanol–water partition coefficient (Wildman–Crippen LogP) is 2.09. The van der Waals surface area contributed by atoms with Gasteiger partial charge in [-0.1, -0.05) is 18.2 Å². The van der Waals surface area contributed by atoms with Crippen molar-refractivity contribution in [3.63, 3.8) is 0 Å². The first-order valence-electron chi connectivity index (χ1n) is 8.82. The van der Waals surface area contributed by atoms with E-state index in [4.69, 9.17) is 0 Å². The molecule has 1 aromatic carbocycles. The van der Waals surface area contributed by atoms with Crippen LogP contribution in [0.5, 0.6) is 0 Å². The van der Waals surface area contributed by atoms with Crippen LogP contribution in [-0.2, 0) is 4.79 Å². The predicted molar refractivity (Wildman–Crippen MR) is 101 cm³/mol. The second-order valence-corrected chi connectivity index (χ2v) is 6.63. The van der Waals surface area contributed by atoms with Crippen LogP contribution in [0.15, 0.2) is 42.7 Å². The minimum absolute atomic E-state index is 0.00210. The average Bonchev–Trinajstić information content (AvgIpc) is 2.66. The van der Waals surface area contributed by atoms with Crippen molar-refractivity contribution in [2.24, 2.45) is 0 Å². The number of benzene rings is 1. The van der Waals surface area contributed by atoms with Gasteiger partial charge in [0, 0.05) is 44.3 Å². The Bertz CT molecular complexity index is 763. The number of aryl methyl sites for hydroxylation is 2. The highest BCUT2D eigenvalue weighted by molar-refractivity contribution is 5.94. The number of carbonyl (C=O) groups is 2. The van der Waals surface area contributed by atoms with Crippen LogP contribution in [0.1, 0.15) is 21.5 Å².